The number of para-hydroxylation sites is 1. The zero-order valence-corrected chi connectivity index (χ0v) is 25.6. The number of unbranched alkanes of at least 4 members (excludes halogenated alkanes) is 1. The maximum Gasteiger partial charge on any atom is 0.407 e. The predicted molar refractivity (Wildman–Crippen MR) is 170 cm³/mol. The van der Waals surface area contributed by atoms with Gasteiger partial charge in [-0.3, -0.25) is 9.59 Å². The van der Waals surface area contributed by atoms with Crippen LogP contribution in [0.3, 0.4) is 0 Å². The van der Waals surface area contributed by atoms with Crippen LogP contribution in [-0.4, -0.2) is 42.1 Å². The number of carbonyl (C=O) groups excluding carboxylic acids is 3. The lowest BCUT2D eigenvalue weighted by molar-refractivity contribution is -0.137. The van der Waals surface area contributed by atoms with Crippen molar-refractivity contribution in [1.29, 1.82) is 0 Å². The summed E-state index contributed by atoms with van der Waals surface area (Å²) >= 11 is 3.19. The summed E-state index contributed by atoms with van der Waals surface area (Å²) in [6.07, 6.45) is 1.21. The molecule has 0 aliphatic carbocycles. The van der Waals surface area contributed by atoms with Crippen LogP contribution in [0.2, 0.25) is 0 Å². The van der Waals surface area contributed by atoms with Gasteiger partial charge in [-0.1, -0.05) is 60.7 Å². The summed E-state index contributed by atoms with van der Waals surface area (Å²) in [7, 11) is 0. The van der Waals surface area contributed by atoms with Gasteiger partial charge in [0.1, 0.15) is 11.8 Å². The Morgan fingerprint density at radius 2 is 1.42 bits per heavy atom. The molecule has 0 radical (unpaired) electrons. The first-order chi connectivity index (χ1) is 21.1. The maximum atomic E-state index is 13.9. The molecule has 43 heavy (non-hydrogen) atoms. The molecule has 2 aromatic heterocycles. The van der Waals surface area contributed by atoms with Crippen molar-refractivity contribution in [3.05, 3.63) is 111 Å². The van der Waals surface area contributed by atoms with Gasteiger partial charge >= 0.3 is 6.09 Å². The molecule has 0 spiro atoms. The van der Waals surface area contributed by atoms with E-state index >= 15 is 0 Å². The first-order valence-corrected chi connectivity index (χ1v) is 16.1. The van der Waals surface area contributed by atoms with E-state index in [1.165, 1.54) is 0 Å². The lowest BCUT2D eigenvalue weighted by Gasteiger charge is -2.27. The highest BCUT2D eigenvalue weighted by molar-refractivity contribution is 7.10. The summed E-state index contributed by atoms with van der Waals surface area (Å²) in [5, 5.41) is 9.68. The summed E-state index contributed by atoms with van der Waals surface area (Å²) in [5.41, 5.74) is 0.986. The fraction of sp³-hybridized carbons (Fsp3) is 0.303. The van der Waals surface area contributed by atoms with Crippen molar-refractivity contribution >= 4 is 40.6 Å². The Bertz CT molecular complexity index is 1330. The molecule has 0 unspecified atom stereocenters. The molecule has 0 bridgehead atoms. The lowest BCUT2D eigenvalue weighted by Crippen LogP contribution is -2.48. The van der Waals surface area contributed by atoms with Gasteiger partial charge in [-0.2, -0.15) is 0 Å². The zero-order valence-electron chi connectivity index (χ0n) is 24.0. The Balaban J connectivity index is 1.31. The molecule has 2 N–H and O–H groups in total. The first kappa shape index (κ1) is 31.8. The van der Waals surface area contributed by atoms with Gasteiger partial charge in [0.15, 0.2) is 0 Å². The fourth-order valence-corrected chi connectivity index (χ4v) is 5.79. The monoisotopic (exact) mass is 619 g/mol. The van der Waals surface area contributed by atoms with E-state index in [4.69, 9.17) is 9.47 Å². The van der Waals surface area contributed by atoms with E-state index in [1.807, 2.05) is 95.7 Å². The summed E-state index contributed by atoms with van der Waals surface area (Å²) in [6.45, 7) is 1.73. The van der Waals surface area contributed by atoms with Crippen LogP contribution < -0.4 is 15.4 Å². The molecule has 226 valence electrons. The Labute approximate surface area is 260 Å². The van der Waals surface area contributed by atoms with Gasteiger partial charge in [-0.15, -0.1) is 22.7 Å². The molecule has 0 saturated carbocycles. The largest absolute Gasteiger partial charge is 0.493 e. The maximum absolute atomic E-state index is 13.9. The lowest BCUT2D eigenvalue weighted by atomic mass is 10.1. The molecule has 0 aliphatic heterocycles. The number of benzene rings is 2. The number of carbonyl (C=O) groups is 3. The minimum absolute atomic E-state index is 0.124. The molecule has 0 saturated heterocycles. The average Bonchev–Trinajstić information content (AvgIpc) is 3.74. The smallest absolute Gasteiger partial charge is 0.407 e. The molecule has 8 nitrogen and oxygen atoms in total. The average molecular weight is 620 g/mol. The van der Waals surface area contributed by atoms with Gasteiger partial charge in [-0.25, -0.2) is 4.79 Å². The second-order valence-electron chi connectivity index (χ2n) is 9.86. The highest BCUT2D eigenvalue weighted by Crippen LogP contribution is 2.19. The van der Waals surface area contributed by atoms with Crippen molar-refractivity contribution < 1.29 is 23.9 Å². The van der Waals surface area contributed by atoms with Crippen LogP contribution in [0.15, 0.2) is 95.7 Å². The van der Waals surface area contributed by atoms with Crippen molar-refractivity contribution in [2.75, 3.05) is 13.2 Å². The zero-order chi connectivity index (χ0) is 30.1. The van der Waals surface area contributed by atoms with E-state index in [-0.39, 0.29) is 31.4 Å². The van der Waals surface area contributed by atoms with Crippen LogP contribution >= 0.6 is 22.7 Å². The van der Waals surface area contributed by atoms with E-state index in [0.717, 1.165) is 15.3 Å². The normalized spacial score (nSPS) is 11.3. The summed E-state index contributed by atoms with van der Waals surface area (Å²) in [4.78, 5) is 42.9. The summed E-state index contributed by atoms with van der Waals surface area (Å²) in [5.74, 6) is 0.299. The summed E-state index contributed by atoms with van der Waals surface area (Å²) < 4.78 is 11.0. The molecule has 4 aromatic rings. The van der Waals surface area contributed by atoms with Crippen LogP contribution in [0.1, 0.15) is 41.0 Å². The highest BCUT2D eigenvalue weighted by atomic mass is 32.1. The van der Waals surface area contributed by atoms with Gasteiger partial charge in [0.25, 0.3) is 0 Å². The van der Waals surface area contributed by atoms with Crippen LogP contribution in [0.5, 0.6) is 5.75 Å². The van der Waals surface area contributed by atoms with Gasteiger partial charge in [-0.05, 0) is 59.9 Å². The van der Waals surface area contributed by atoms with Crippen molar-refractivity contribution in [1.82, 2.24) is 15.5 Å². The molecular weight excluding hydrogens is 583 g/mol. The van der Waals surface area contributed by atoms with Crippen LogP contribution in [0.4, 0.5) is 4.79 Å². The minimum Gasteiger partial charge on any atom is -0.493 e. The predicted octanol–water partition coefficient (Wildman–Crippen LogP) is 6.39. The Morgan fingerprint density at radius 3 is 2.05 bits per heavy atom. The third kappa shape index (κ3) is 11.6. The number of nitrogens with zero attached hydrogens (tertiary/aromatic N) is 1. The highest BCUT2D eigenvalue weighted by Gasteiger charge is 2.26. The minimum atomic E-state index is -0.712. The van der Waals surface area contributed by atoms with Crippen LogP contribution in [0, 0.1) is 0 Å². The van der Waals surface area contributed by atoms with Gasteiger partial charge in [0.05, 0.1) is 32.7 Å². The molecule has 2 aromatic carbocycles. The second kappa shape index (κ2) is 17.7. The Hall–Kier alpha value is -4.15. The standard InChI is InChI=1S/C33H37N3O5S2/c37-31(18-20-40-27-13-5-2-6-14-27)35-30(17-7-8-19-41-33(39)34-23-26-11-3-1-4-12-26)32(38)36(24-28-15-9-21-42-28)25-29-16-10-22-43-29/h1-6,9-16,21-22,30H,7-8,17-20,23-25H2,(H,34,39)(H,35,37)/t30-/m0/s1. The van der Waals surface area contributed by atoms with Gasteiger partial charge in [0.2, 0.25) is 11.8 Å². The number of hydrogen-bond acceptors (Lipinski definition) is 7. The van der Waals surface area contributed by atoms with E-state index in [0.29, 0.717) is 44.6 Å². The van der Waals surface area contributed by atoms with Crippen LogP contribution in [0.25, 0.3) is 0 Å². The molecule has 1 atom stereocenters. The van der Waals surface area contributed by atoms with Crippen LogP contribution in [-0.2, 0) is 34.0 Å². The first-order valence-electron chi connectivity index (χ1n) is 14.3. The Kier molecular flexibility index (Phi) is 13.1. The van der Waals surface area contributed by atoms with E-state index in [9.17, 15) is 14.4 Å². The molecule has 4 rings (SSSR count). The second-order valence-corrected chi connectivity index (χ2v) is 11.9. The van der Waals surface area contributed by atoms with Crippen molar-refractivity contribution in [2.45, 2.75) is 51.4 Å². The molecular formula is C33H37N3O5S2. The topological polar surface area (TPSA) is 97.0 Å². The van der Waals surface area contributed by atoms with E-state index < -0.39 is 12.1 Å². The number of amides is 3. The number of ether oxygens (including phenoxy) is 2. The molecule has 3 amide bonds. The number of nitrogens with one attached hydrogen (secondary N) is 2. The number of thiophene rings is 2. The number of rotatable bonds is 17. The van der Waals surface area contributed by atoms with E-state index in [2.05, 4.69) is 10.6 Å². The fourth-order valence-electron chi connectivity index (χ4n) is 4.35. The molecule has 10 heteroatoms. The Morgan fingerprint density at radius 1 is 0.767 bits per heavy atom. The van der Waals surface area contributed by atoms with Gasteiger partial charge in [0, 0.05) is 16.3 Å². The van der Waals surface area contributed by atoms with Crippen molar-refractivity contribution in [3.63, 3.8) is 0 Å². The third-order valence-corrected chi connectivity index (χ3v) is 8.26. The third-order valence-electron chi connectivity index (χ3n) is 6.54. The van der Waals surface area contributed by atoms with Gasteiger partial charge < -0.3 is 25.0 Å². The number of alkyl carbamates (subject to hydrolysis) is 1. The SMILES string of the molecule is O=C(CCOc1ccccc1)N[C@@H](CCCCOC(=O)NCc1ccccc1)C(=O)N(Cc1cccs1)Cc1cccs1. The van der Waals surface area contributed by atoms with E-state index in [1.54, 1.807) is 27.6 Å². The number of hydrogen-bond donors (Lipinski definition) is 2. The molecule has 0 fully saturated rings. The van der Waals surface area contributed by atoms with Crippen molar-refractivity contribution in [3.8, 4) is 5.75 Å². The molecule has 0 aliphatic rings. The summed E-state index contributed by atoms with van der Waals surface area (Å²) in [6, 6.07) is 26.2. The molecule has 2 heterocycles. The van der Waals surface area contributed by atoms with Crippen molar-refractivity contribution in [2.24, 2.45) is 0 Å². The quantitative estimate of drug-likeness (QED) is 0.134.